The largest absolute Gasteiger partial charge is 0.462 e. The first-order chi connectivity index (χ1) is 14.9. The summed E-state index contributed by atoms with van der Waals surface area (Å²) in [5, 5.41) is 10.4. The number of hydrogen-bond acceptors (Lipinski definition) is 8. The highest BCUT2D eigenvalue weighted by molar-refractivity contribution is 7.18. The highest BCUT2D eigenvalue weighted by Crippen LogP contribution is 2.35. The van der Waals surface area contributed by atoms with E-state index >= 15 is 0 Å². The van der Waals surface area contributed by atoms with Gasteiger partial charge in [0.25, 0.3) is 0 Å². The lowest BCUT2D eigenvalue weighted by atomic mass is 10.2. The minimum atomic E-state index is -4.55. The van der Waals surface area contributed by atoms with E-state index in [9.17, 15) is 18.0 Å². The topological polar surface area (TPSA) is 98.1 Å². The number of thiophene rings is 1. The number of nitrogens with one attached hydrogen (secondary N) is 1. The molecular weight excluding hydrogens is 435 g/mol. The van der Waals surface area contributed by atoms with Gasteiger partial charge in [-0.3, -0.25) is 4.79 Å². The van der Waals surface area contributed by atoms with Gasteiger partial charge in [-0.2, -0.15) is 23.1 Å². The van der Waals surface area contributed by atoms with E-state index in [1.165, 1.54) is 11.3 Å². The van der Waals surface area contributed by atoms with Gasteiger partial charge in [0, 0.05) is 18.0 Å². The Morgan fingerprint density at radius 2 is 2.13 bits per heavy atom. The first-order valence-electron chi connectivity index (χ1n) is 9.75. The Balaban J connectivity index is 1.66. The van der Waals surface area contributed by atoms with E-state index in [4.69, 9.17) is 4.74 Å². The predicted octanol–water partition coefficient (Wildman–Crippen LogP) is 2.40. The normalized spacial score (nSPS) is 14.0. The van der Waals surface area contributed by atoms with Crippen LogP contribution in [-0.2, 0) is 30.5 Å². The van der Waals surface area contributed by atoms with Gasteiger partial charge in [-0.1, -0.05) is 13.3 Å². The Morgan fingerprint density at radius 3 is 2.87 bits per heavy atom. The Labute approximate surface area is 179 Å². The van der Waals surface area contributed by atoms with Gasteiger partial charge in [-0.05, 0) is 12.5 Å². The number of fused-ring (bicyclic) bond motifs is 2. The van der Waals surface area contributed by atoms with Gasteiger partial charge in [0.2, 0.25) is 12.2 Å². The van der Waals surface area contributed by atoms with E-state index in [1.54, 1.807) is 0 Å². The molecule has 13 heteroatoms. The molecular formula is C18H20F3N7O2S. The molecule has 0 radical (unpaired) electrons. The van der Waals surface area contributed by atoms with Crippen LogP contribution in [0.25, 0.3) is 10.2 Å². The number of hydrogen-bond donors (Lipinski definition) is 1. The van der Waals surface area contributed by atoms with Crippen LogP contribution in [0.5, 0.6) is 6.01 Å². The molecule has 0 unspecified atom stereocenters. The second kappa shape index (κ2) is 8.65. The van der Waals surface area contributed by atoms with Crippen molar-refractivity contribution < 1.29 is 22.7 Å². The summed E-state index contributed by atoms with van der Waals surface area (Å²) in [6.07, 6.45) is -2.10. The molecule has 1 amide bonds. The predicted molar refractivity (Wildman–Crippen MR) is 107 cm³/mol. The van der Waals surface area contributed by atoms with Gasteiger partial charge in [-0.15, -0.1) is 21.5 Å². The number of alkyl halides is 3. The van der Waals surface area contributed by atoms with Crippen LogP contribution in [0.3, 0.4) is 0 Å². The molecule has 0 bridgehead atoms. The molecule has 9 nitrogen and oxygen atoms in total. The van der Waals surface area contributed by atoms with Crippen molar-refractivity contribution in [1.29, 1.82) is 0 Å². The SMILES string of the molecule is CCCc1cc2c(N3CCn4c(nnc4C(F)(F)F)C3)nc(OCCNC=O)nc2s1. The Kier molecular flexibility index (Phi) is 5.94. The molecule has 0 saturated heterocycles. The van der Waals surface area contributed by atoms with Crippen molar-refractivity contribution in [1.82, 2.24) is 30.0 Å². The third kappa shape index (κ3) is 4.40. The van der Waals surface area contributed by atoms with Crippen molar-refractivity contribution in [2.24, 2.45) is 0 Å². The molecule has 1 aliphatic heterocycles. The summed E-state index contributed by atoms with van der Waals surface area (Å²) in [5.74, 6) is -0.167. The van der Waals surface area contributed by atoms with Gasteiger partial charge in [0.05, 0.1) is 18.5 Å². The Hall–Kier alpha value is -2.96. The summed E-state index contributed by atoms with van der Waals surface area (Å²) in [7, 11) is 0. The number of rotatable bonds is 8. The third-order valence-corrected chi connectivity index (χ3v) is 5.86. The van der Waals surface area contributed by atoms with Crippen LogP contribution >= 0.6 is 11.3 Å². The summed E-state index contributed by atoms with van der Waals surface area (Å²) in [4.78, 5) is 23.2. The van der Waals surface area contributed by atoms with E-state index in [-0.39, 0.29) is 31.5 Å². The maximum Gasteiger partial charge on any atom is 0.451 e. The maximum absolute atomic E-state index is 13.1. The second-order valence-electron chi connectivity index (χ2n) is 6.94. The molecule has 0 saturated carbocycles. The lowest BCUT2D eigenvalue weighted by molar-refractivity contribution is -0.147. The molecule has 3 aromatic heterocycles. The van der Waals surface area contributed by atoms with Crippen LogP contribution in [0.15, 0.2) is 6.07 Å². The van der Waals surface area contributed by atoms with Crippen molar-refractivity contribution in [3.05, 3.63) is 22.6 Å². The van der Waals surface area contributed by atoms with Crippen molar-refractivity contribution >= 4 is 33.8 Å². The summed E-state index contributed by atoms with van der Waals surface area (Å²) in [6.45, 7) is 3.12. The van der Waals surface area contributed by atoms with Gasteiger partial charge in [0.15, 0.2) is 5.82 Å². The first-order valence-corrected chi connectivity index (χ1v) is 10.6. The van der Waals surface area contributed by atoms with Crippen LogP contribution in [-0.4, -0.2) is 50.8 Å². The number of aromatic nitrogens is 5. The summed E-state index contributed by atoms with van der Waals surface area (Å²) in [5.41, 5.74) is 0. The minimum absolute atomic E-state index is 0.0913. The van der Waals surface area contributed by atoms with E-state index in [1.807, 2.05) is 11.0 Å². The number of anilines is 1. The van der Waals surface area contributed by atoms with Crippen LogP contribution in [0.2, 0.25) is 0 Å². The Bertz CT molecular complexity index is 1080. The molecule has 166 valence electrons. The second-order valence-corrected chi connectivity index (χ2v) is 8.06. The van der Waals surface area contributed by atoms with E-state index in [0.29, 0.717) is 25.3 Å². The van der Waals surface area contributed by atoms with Gasteiger partial charge in [0.1, 0.15) is 17.3 Å². The number of carbonyl (C=O) groups excluding carboxylic acids is 1. The van der Waals surface area contributed by atoms with E-state index in [0.717, 1.165) is 32.5 Å². The molecule has 3 aromatic rings. The summed E-state index contributed by atoms with van der Waals surface area (Å²) in [6, 6.07) is 2.18. The molecule has 1 N–H and O–H groups in total. The molecule has 0 fully saturated rings. The number of carbonyl (C=O) groups is 1. The maximum atomic E-state index is 13.1. The molecule has 31 heavy (non-hydrogen) atoms. The molecule has 4 heterocycles. The van der Waals surface area contributed by atoms with Crippen molar-refractivity contribution in [3.8, 4) is 6.01 Å². The lowest BCUT2D eigenvalue weighted by Gasteiger charge is -2.29. The number of aryl methyl sites for hydroxylation is 1. The van der Waals surface area contributed by atoms with Crippen molar-refractivity contribution in [3.63, 3.8) is 0 Å². The summed E-state index contributed by atoms with van der Waals surface area (Å²) < 4.78 is 46.1. The summed E-state index contributed by atoms with van der Waals surface area (Å²) >= 11 is 1.54. The number of ether oxygens (including phenoxy) is 1. The molecule has 0 atom stereocenters. The molecule has 4 rings (SSSR count). The van der Waals surface area contributed by atoms with Crippen LogP contribution in [0.1, 0.15) is 29.9 Å². The average molecular weight is 455 g/mol. The first kappa shape index (κ1) is 21.3. The van der Waals surface area contributed by atoms with Crippen LogP contribution in [0, 0.1) is 0 Å². The zero-order valence-corrected chi connectivity index (χ0v) is 17.5. The van der Waals surface area contributed by atoms with E-state index < -0.39 is 12.0 Å². The standard InChI is InChI=1S/C18H20F3N7O2S/c1-2-3-11-8-12-14(23-17(24-15(12)31-11)30-7-4-22-10-29)27-5-6-28-13(9-27)25-26-16(28)18(19,20)21/h8,10H,2-7,9H2,1H3,(H,22,29). The van der Waals surface area contributed by atoms with Crippen molar-refractivity contribution in [2.75, 3.05) is 24.6 Å². The average Bonchev–Trinajstić information content (AvgIpc) is 3.34. The molecule has 0 spiro atoms. The zero-order chi connectivity index (χ0) is 22.0. The fourth-order valence-corrected chi connectivity index (χ4v) is 4.54. The minimum Gasteiger partial charge on any atom is -0.462 e. The molecule has 1 aliphatic rings. The third-order valence-electron chi connectivity index (χ3n) is 4.77. The fourth-order valence-electron chi connectivity index (χ4n) is 3.42. The quantitative estimate of drug-likeness (QED) is 0.411. The number of halogens is 3. The highest BCUT2D eigenvalue weighted by atomic mass is 32.1. The van der Waals surface area contributed by atoms with Gasteiger partial charge >= 0.3 is 12.2 Å². The Morgan fingerprint density at radius 1 is 1.29 bits per heavy atom. The molecule has 0 aromatic carbocycles. The highest BCUT2D eigenvalue weighted by Gasteiger charge is 2.39. The van der Waals surface area contributed by atoms with Gasteiger partial charge < -0.3 is 19.5 Å². The number of amides is 1. The lowest BCUT2D eigenvalue weighted by Crippen LogP contribution is -2.36. The fraction of sp³-hybridized carbons (Fsp3) is 0.500. The van der Waals surface area contributed by atoms with Crippen molar-refractivity contribution in [2.45, 2.75) is 39.0 Å². The van der Waals surface area contributed by atoms with E-state index in [2.05, 4.69) is 32.4 Å². The molecule has 0 aliphatic carbocycles. The van der Waals surface area contributed by atoms with Crippen LogP contribution in [0.4, 0.5) is 19.0 Å². The zero-order valence-electron chi connectivity index (χ0n) is 16.6. The monoisotopic (exact) mass is 455 g/mol. The van der Waals surface area contributed by atoms with Crippen LogP contribution < -0.4 is 15.0 Å². The number of nitrogens with zero attached hydrogens (tertiary/aromatic N) is 6. The van der Waals surface area contributed by atoms with Gasteiger partial charge in [-0.25, -0.2) is 0 Å². The smallest absolute Gasteiger partial charge is 0.451 e.